The normalized spacial score (nSPS) is 11.2. The molecule has 2 heterocycles. The second-order valence-electron chi connectivity index (χ2n) is 9.02. The molecule has 5 aromatic rings. The maximum absolute atomic E-state index is 15.4. The summed E-state index contributed by atoms with van der Waals surface area (Å²) >= 11 is 8.23. The minimum atomic E-state index is -0.820. The lowest BCUT2D eigenvalue weighted by Gasteiger charge is -2.19. The fraction of sp³-hybridized carbons (Fsp3) is 0.138. The largest absolute Gasteiger partial charge is 0.497 e. The second-order valence-corrected chi connectivity index (χ2v) is 10.7. The lowest BCUT2D eigenvalue weighted by molar-refractivity contribution is 0.414. The van der Waals surface area contributed by atoms with Crippen molar-refractivity contribution >= 4 is 45.2 Å². The average molecular weight is 674 g/mol. The molecule has 11 heteroatoms. The molecule has 0 amide bonds. The van der Waals surface area contributed by atoms with Gasteiger partial charge in [0.1, 0.15) is 34.1 Å². The van der Waals surface area contributed by atoms with Crippen LogP contribution in [0.1, 0.15) is 11.1 Å². The van der Waals surface area contributed by atoms with Gasteiger partial charge in [0, 0.05) is 27.3 Å². The maximum Gasteiger partial charge on any atom is 0.337 e. The third kappa shape index (κ3) is 4.92. The van der Waals surface area contributed by atoms with Gasteiger partial charge in [0.2, 0.25) is 0 Å². The zero-order valence-electron chi connectivity index (χ0n) is 21.6. The van der Waals surface area contributed by atoms with Gasteiger partial charge in [0.05, 0.1) is 19.3 Å². The third-order valence-corrected chi connectivity index (χ3v) is 7.63. The van der Waals surface area contributed by atoms with Crippen molar-refractivity contribution in [3.8, 4) is 22.9 Å². The number of fused-ring (bicyclic) bond motifs is 1. The SMILES string of the molecule is COc1ccc(Cn2c(=O)c3c(Oc4cccc(Cl)c4C)cc(=O)n(C)c3n(-c3ccc(I)cc3F)c2=O)cc1. The van der Waals surface area contributed by atoms with E-state index in [0.717, 1.165) is 13.7 Å². The summed E-state index contributed by atoms with van der Waals surface area (Å²) < 4.78 is 30.4. The Bertz CT molecular complexity index is 1970. The van der Waals surface area contributed by atoms with Crippen molar-refractivity contribution in [2.45, 2.75) is 13.5 Å². The van der Waals surface area contributed by atoms with Crippen LogP contribution < -0.4 is 26.3 Å². The van der Waals surface area contributed by atoms with E-state index in [4.69, 9.17) is 21.1 Å². The fourth-order valence-electron chi connectivity index (χ4n) is 4.39. The topological polar surface area (TPSA) is 84.5 Å². The predicted molar refractivity (Wildman–Crippen MR) is 160 cm³/mol. The molecule has 0 unspecified atom stereocenters. The maximum atomic E-state index is 15.4. The van der Waals surface area contributed by atoms with Crippen molar-refractivity contribution in [1.82, 2.24) is 13.7 Å². The molecule has 0 spiro atoms. The number of pyridine rings is 1. The van der Waals surface area contributed by atoms with Gasteiger partial charge in [-0.15, -0.1) is 0 Å². The second kappa shape index (κ2) is 10.9. The summed E-state index contributed by atoms with van der Waals surface area (Å²) in [5.41, 5.74) is -1.09. The lowest BCUT2D eigenvalue weighted by atomic mass is 10.2. The number of benzene rings is 3. The van der Waals surface area contributed by atoms with Gasteiger partial charge < -0.3 is 9.47 Å². The van der Waals surface area contributed by atoms with Crippen LogP contribution in [-0.2, 0) is 13.6 Å². The Morgan fingerprint density at radius 2 is 1.70 bits per heavy atom. The highest BCUT2D eigenvalue weighted by atomic mass is 127. The predicted octanol–water partition coefficient (Wildman–Crippen LogP) is 5.41. The first kappa shape index (κ1) is 27.7. The van der Waals surface area contributed by atoms with E-state index in [-0.39, 0.29) is 29.0 Å². The molecule has 0 atom stereocenters. The Morgan fingerprint density at radius 3 is 2.38 bits per heavy atom. The van der Waals surface area contributed by atoms with E-state index in [9.17, 15) is 14.4 Å². The van der Waals surface area contributed by atoms with Crippen LogP contribution in [0.5, 0.6) is 17.2 Å². The molecule has 0 bridgehead atoms. The number of hydrogen-bond acceptors (Lipinski definition) is 5. The number of aryl methyl sites for hydroxylation is 1. The van der Waals surface area contributed by atoms with Gasteiger partial charge in [-0.25, -0.2) is 13.8 Å². The molecule has 2 aromatic heterocycles. The number of halogens is 3. The monoisotopic (exact) mass is 673 g/mol. The van der Waals surface area contributed by atoms with E-state index in [2.05, 4.69) is 0 Å². The van der Waals surface area contributed by atoms with Gasteiger partial charge >= 0.3 is 5.69 Å². The number of methoxy groups -OCH3 is 1. The van der Waals surface area contributed by atoms with Crippen LogP contribution in [0.3, 0.4) is 0 Å². The number of rotatable bonds is 6. The molecule has 3 aromatic carbocycles. The quantitative estimate of drug-likeness (QED) is 0.225. The third-order valence-electron chi connectivity index (χ3n) is 6.55. The van der Waals surface area contributed by atoms with Crippen LogP contribution in [0.4, 0.5) is 4.39 Å². The minimum Gasteiger partial charge on any atom is -0.497 e. The summed E-state index contributed by atoms with van der Waals surface area (Å²) in [5, 5.41) is 0.355. The average Bonchev–Trinajstić information content (AvgIpc) is 2.93. The fourth-order valence-corrected chi connectivity index (χ4v) is 5.01. The van der Waals surface area contributed by atoms with Crippen LogP contribution in [0.2, 0.25) is 5.02 Å². The molecule has 204 valence electrons. The number of nitrogens with zero attached hydrogens (tertiary/aromatic N) is 3. The van der Waals surface area contributed by atoms with E-state index in [0.29, 0.717) is 31.2 Å². The zero-order valence-corrected chi connectivity index (χ0v) is 24.5. The minimum absolute atomic E-state index is 0.0764. The standard InChI is InChI=1S/C29H22ClFIN3O5/c1-16-20(30)5-4-6-23(16)40-24-14-25(36)33(2)27-26(24)28(37)34(15-17-7-10-19(39-3)11-8-17)29(38)35(27)22-12-9-18(32)13-21(22)31/h4-14H,15H2,1-3H3. The molecule has 8 nitrogen and oxygen atoms in total. The Hall–Kier alpha value is -3.90. The molecule has 0 saturated carbocycles. The molecule has 40 heavy (non-hydrogen) atoms. The van der Waals surface area contributed by atoms with Gasteiger partial charge in [0.15, 0.2) is 0 Å². The van der Waals surface area contributed by atoms with Crippen molar-refractivity contribution in [1.29, 1.82) is 0 Å². The molecule has 0 saturated heterocycles. The molecule has 0 aliphatic heterocycles. The van der Waals surface area contributed by atoms with Gasteiger partial charge in [-0.2, -0.15) is 0 Å². The zero-order chi connectivity index (χ0) is 28.7. The summed E-state index contributed by atoms with van der Waals surface area (Å²) in [6, 6.07) is 17.4. The summed E-state index contributed by atoms with van der Waals surface area (Å²) in [6.45, 7) is 1.61. The van der Waals surface area contributed by atoms with Gasteiger partial charge in [-0.3, -0.25) is 18.7 Å². The molecule has 5 rings (SSSR count). The summed E-state index contributed by atoms with van der Waals surface area (Å²) in [6.07, 6.45) is 0. The number of ether oxygens (including phenoxy) is 2. The van der Waals surface area contributed by atoms with Gasteiger partial charge in [-0.05, 0) is 77.5 Å². The molecular formula is C29H22ClFIN3O5. The molecule has 0 fully saturated rings. The van der Waals surface area contributed by atoms with E-state index in [1.165, 1.54) is 32.4 Å². The van der Waals surface area contributed by atoms with E-state index in [1.807, 2.05) is 22.6 Å². The van der Waals surface area contributed by atoms with E-state index in [1.54, 1.807) is 55.5 Å². The van der Waals surface area contributed by atoms with Crippen LogP contribution >= 0.6 is 34.2 Å². The highest BCUT2D eigenvalue weighted by Gasteiger charge is 2.24. The number of hydrogen-bond donors (Lipinski definition) is 0. The summed E-state index contributed by atoms with van der Waals surface area (Å²) in [5.74, 6) is 0.142. The van der Waals surface area contributed by atoms with Crippen molar-refractivity contribution in [3.05, 3.63) is 123 Å². The Balaban J connectivity index is 1.88. The first-order valence-electron chi connectivity index (χ1n) is 12.0. The molecule has 0 aliphatic rings. The highest BCUT2D eigenvalue weighted by molar-refractivity contribution is 14.1. The van der Waals surface area contributed by atoms with Crippen molar-refractivity contribution in [2.24, 2.45) is 7.05 Å². The van der Waals surface area contributed by atoms with E-state index < -0.39 is 22.6 Å². The van der Waals surface area contributed by atoms with Crippen LogP contribution in [-0.4, -0.2) is 20.8 Å². The van der Waals surface area contributed by atoms with Gasteiger partial charge in [0.25, 0.3) is 11.1 Å². The smallest absolute Gasteiger partial charge is 0.337 e. The lowest BCUT2D eigenvalue weighted by Crippen LogP contribution is -2.42. The van der Waals surface area contributed by atoms with Crippen LogP contribution in [0.25, 0.3) is 16.7 Å². The molecule has 0 N–H and O–H groups in total. The first-order chi connectivity index (χ1) is 19.1. The van der Waals surface area contributed by atoms with Crippen LogP contribution in [0.15, 0.2) is 81.1 Å². The van der Waals surface area contributed by atoms with Crippen LogP contribution in [0, 0.1) is 16.3 Å². The Kier molecular flexibility index (Phi) is 7.56. The van der Waals surface area contributed by atoms with Crippen molar-refractivity contribution in [3.63, 3.8) is 0 Å². The van der Waals surface area contributed by atoms with Crippen molar-refractivity contribution in [2.75, 3.05) is 7.11 Å². The van der Waals surface area contributed by atoms with Gasteiger partial charge in [-0.1, -0.05) is 29.8 Å². The van der Waals surface area contributed by atoms with Crippen molar-refractivity contribution < 1.29 is 13.9 Å². The Morgan fingerprint density at radius 1 is 0.975 bits per heavy atom. The van der Waals surface area contributed by atoms with E-state index >= 15 is 4.39 Å². The molecular weight excluding hydrogens is 652 g/mol. The summed E-state index contributed by atoms with van der Waals surface area (Å²) in [7, 11) is 2.94. The summed E-state index contributed by atoms with van der Waals surface area (Å²) in [4.78, 5) is 41.1. The molecule has 0 aliphatic carbocycles. The Labute approximate surface area is 245 Å². The molecule has 0 radical (unpaired) electrons. The first-order valence-corrected chi connectivity index (χ1v) is 13.5. The number of aromatic nitrogens is 3. The highest BCUT2D eigenvalue weighted by Crippen LogP contribution is 2.32.